The molecule has 0 aliphatic carbocycles. The lowest BCUT2D eigenvalue weighted by atomic mass is 9.90. The molecule has 1 aromatic carbocycles. The van der Waals surface area contributed by atoms with Gasteiger partial charge in [-0.1, -0.05) is 23.2 Å². The van der Waals surface area contributed by atoms with Crippen LogP contribution in [0, 0.1) is 0 Å². The molecule has 0 amide bonds. The average Bonchev–Trinajstić information content (AvgIpc) is 2.75. The lowest BCUT2D eigenvalue weighted by Gasteiger charge is -2.32. The van der Waals surface area contributed by atoms with Gasteiger partial charge in [-0.2, -0.15) is 0 Å². The number of aliphatic carboxylic acids is 1. The Morgan fingerprint density at radius 1 is 1.45 bits per heavy atom. The lowest BCUT2D eigenvalue weighted by Crippen LogP contribution is -2.34. The molecule has 0 saturated heterocycles. The van der Waals surface area contributed by atoms with Gasteiger partial charge < -0.3 is 14.8 Å². The number of fused-ring (bicyclic) bond motifs is 3. The Labute approximate surface area is 125 Å². The number of hydrogen-bond acceptors (Lipinski definition) is 2. The number of rotatable bonds is 2. The quantitative estimate of drug-likeness (QED) is 0.887. The second kappa shape index (κ2) is 4.65. The zero-order chi connectivity index (χ0) is 14.5. The minimum Gasteiger partial charge on any atom is -0.481 e. The van der Waals surface area contributed by atoms with E-state index in [1.165, 1.54) is 0 Å². The first-order valence-corrected chi connectivity index (χ1v) is 7.03. The van der Waals surface area contributed by atoms with Crippen LogP contribution in [0.4, 0.5) is 0 Å². The molecule has 0 spiro atoms. The number of aromatic nitrogens is 1. The molecule has 2 aromatic rings. The van der Waals surface area contributed by atoms with Crippen LogP contribution in [-0.4, -0.2) is 22.7 Å². The van der Waals surface area contributed by atoms with Crippen LogP contribution in [0.15, 0.2) is 12.1 Å². The van der Waals surface area contributed by atoms with Crippen molar-refractivity contribution in [3.63, 3.8) is 0 Å². The molecule has 0 radical (unpaired) electrons. The molecule has 0 fully saturated rings. The number of benzene rings is 1. The van der Waals surface area contributed by atoms with Gasteiger partial charge in [-0.15, -0.1) is 0 Å². The van der Waals surface area contributed by atoms with Gasteiger partial charge in [0.1, 0.15) is 5.60 Å². The number of carbonyl (C=O) groups is 1. The molecule has 0 saturated carbocycles. The molecule has 1 aliphatic rings. The molecule has 1 aliphatic heterocycles. The minimum atomic E-state index is -0.906. The van der Waals surface area contributed by atoms with E-state index < -0.39 is 11.6 Å². The molecule has 4 nitrogen and oxygen atoms in total. The standard InChI is InChI=1S/C14H13Cl2NO3/c1-14(6-10(18)19)13-7(4-5-20-14)11-8(15)2-3-9(16)12(11)17-13/h2-3,17H,4-6H2,1H3,(H,18,19). The predicted molar refractivity (Wildman–Crippen MR) is 77.6 cm³/mol. The van der Waals surface area contributed by atoms with Crippen molar-refractivity contribution in [2.24, 2.45) is 0 Å². The molecule has 2 heterocycles. The van der Waals surface area contributed by atoms with Crippen LogP contribution >= 0.6 is 23.2 Å². The van der Waals surface area contributed by atoms with Crippen LogP contribution in [0.5, 0.6) is 0 Å². The molecule has 0 bridgehead atoms. The molecule has 3 rings (SSSR count). The Kier molecular flexibility index (Phi) is 3.20. The number of ether oxygens (including phenoxy) is 1. The van der Waals surface area contributed by atoms with Gasteiger partial charge in [-0.25, -0.2) is 0 Å². The SMILES string of the molecule is CC1(CC(=O)O)OCCc2c1[nH]c1c(Cl)ccc(Cl)c21. The Morgan fingerprint density at radius 2 is 2.15 bits per heavy atom. The van der Waals surface area contributed by atoms with Crippen molar-refractivity contribution in [3.05, 3.63) is 33.4 Å². The van der Waals surface area contributed by atoms with Gasteiger partial charge in [0.15, 0.2) is 0 Å². The lowest BCUT2D eigenvalue weighted by molar-refractivity contribution is -0.146. The van der Waals surface area contributed by atoms with Crippen LogP contribution in [0.2, 0.25) is 10.0 Å². The van der Waals surface area contributed by atoms with Crippen molar-refractivity contribution in [1.29, 1.82) is 0 Å². The molecule has 1 aromatic heterocycles. The maximum Gasteiger partial charge on any atom is 0.306 e. The second-order valence-electron chi connectivity index (χ2n) is 5.16. The highest BCUT2D eigenvalue weighted by molar-refractivity contribution is 6.40. The van der Waals surface area contributed by atoms with Crippen molar-refractivity contribution >= 4 is 40.1 Å². The number of nitrogens with one attached hydrogen (secondary N) is 1. The highest BCUT2D eigenvalue weighted by atomic mass is 35.5. The largest absolute Gasteiger partial charge is 0.481 e. The minimum absolute atomic E-state index is 0.109. The molecule has 106 valence electrons. The molecular formula is C14H13Cl2NO3. The van der Waals surface area contributed by atoms with Gasteiger partial charge in [0, 0.05) is 5.39 Å². The summed E-state index contributed by atoms with van der Waals surface area (Å²) in [6.45, 7) is 2.24. The molecule has 2 N–H and O–H groups in total. The summed E-state index contributed by atoms with van der Waals surface area (Å²) in [6, 6.07) is 3.48. The first-order chi connectivity index (χ1) is 9.42. The predicted octanol–water partition coefficient (Wildman–Crippen LogP) is 3.74. The summed E-state index contributed by atoms with van der Waals surface area (Å²) in [5, 5.41) is 11.1. The maximum atomic E-state index is 11.1. The highest BCUT2D eigenvalue weighted by Gasteiger charge is 2.38. The van der Waals surface area contributed by atoms with E-state index in [2.05, 4.69) is 4.98 Å². The summed E-state index contributed by atoms with van der Waals surface area (Å²) >= 11 is 12.5. The van der Waals surface area contributed by atoms with E-state index in [4.69, 9.17) is 33.0 Å². The number of H-pyrrole nitrogens is 1. The van der Waals surface area contributed by atoms with Crippen molar-refractivity contribution in [2.75, 3.05) is 6.61 Å². The van der Waals surface area contributed by atoms with Gasteiger partial charge in [0.25, 0.3) is 0 Å². The zero-order valence-electron chi connectivity index (χ0n) is 10.8. The summed E-state index contributed by atoms with van der Waals surface area (Å²) in [6.07, 6.45) is 0.576. The third-order valence-electron chi connectivity index (χ3n) is 3.75. The summed E-state index contributed by atoms with van der Waals surface area (Å²) in [7, 11) is 0. The van der Waals surface area contributed by atoms with E-state index in [1.807, 2.05) is 0 Å². The average molecular weight is 314 g/mol. The number of carboxylic acid groups (broad SMARTS) is 1. The summed E-state index contributed by atoms with van der Waals surface area (Å²) < 4.78 is 5.71. The van der Waals surface area contributed by atoms with Crippen molar-refractivity contribution in [1.82, 2.24) is 4.98 Å². The summed E-state index contributed by atoms with van der Waals surface area (Å²) in [5.41, 5.74) is 1.62. The van der Waals surface area contributed by atoms with Crippen molar-refractivity contribution in [3.8, 4) is 0 Å². The molecular weight excluding hydrogens is 301 g/mol. The van der Waals surface area contributed by atoms with Gasteiger partial charge in [0.05, 0.1) is 34.3 Å². The van der Waals surface area contributed by atoms with Gasteiger partial charge in [-0.3, -0.25) is 4.79 Å². The first kappa shape index (κ1) is 13.7. The van der Waals surface area contributed by atoms with Crippen LogP contribution in [0.3, 0.4) is 0 Å². The van der Waals surface area contributed by atoms with E-state index >= 15 is 0 Å². The monoisotopic (exact) mass is 313 g/mol. The van der Waals surface area contributed by atoms with Crippen LogP contribution < -0.4 is 0 Å². The number of halogens is 2. The molecule has 1 unspecified atom stereocenters. The molecule has 6 heteroatoms. The Morgan fingerprint density at radius 3 is 2.85 bits per heavy atom. The van der Waals surface area contributed by atoms with E-state index in [0.29, 0.717) is 23.1 Å². The maximum absolute atomic E-state index is 11.1. The highest BCUT2D eigenvalue weighted by Crippen LogP contribution is 2.42. The van der Waals surface area contributed by atoms with E-state index in [9.17, 15) is 4.79 Å². The van der Waals surface area contributed by atoms with Crippen LogP contribution in [0.25, 0.3) is 10.9 Å². The fourth-order valence-electron chi connectivity index (χ4n) is 2.87. The zero-order valence-corrected chi connectivity index (χ0v) is 12.3. The van der Waals surface area contributed by atoms with E-state index in [0.717, 1.165) is 22.2 Å². The molecule has 1 atom stereocenters. The van der Waals surface area contributed by atoms with Gasteiger partial charge in [-0.05, 0) is 31.0 Å². The smallest absolute Gasteiger partial charge is 0.306 e. The number of aromatic amines is 1. The summed E-state index contributed by atoms with van der Waals surface area (Å²) in [4.78, 5) is 14.3. The Hall–Kier alpha value is -1.23. The van der Waals surface area contributed by atoms with Gasteiger partial charge >= 0.3 is 5.97 Å². The third-order valence-corrected chi connectivity index (χ3v) is 4.38. The Balaban J connectivity index is 2.28. The van der Waals surface area contributed by atoms with E-state index in [1.54, 1.807) is 19.1 Å². The van der Waals surface area contributed by atoms with Gasteiger partial charge in [0.2, 0.25) is 0 Å². The topological polar surface area (TPSA) is 62.3 Å². The van der Waals surface area contributed by atoms with Crippen molar-refractivity contribution in [2.45, 2.75) is 25.4 Å². The fraction of sp³-hybridized carbons (Fsp3) is 0.357. The molecule has 20 heavy (non-hydrogen) atoms. The summed E-state index contributed by atoms with van der Waals surface area (Å²) in [5.74, 6) is -0.906. The number of hydrogen-bond donors (Lipinski definition) is 2. The van der Waals surface area contributed by atoms with E-state index in [-0.39, 0.29) is 6.42 Å². The number of carboxylic acids is 1. The third kappa shape index (κ3) is 1.99. The Bertz CT molecular complexity index is 710. The van der Waals surface area contributed by atoms with Crippen LogP contribution in [-0.2, 0) is 21.6 Å². The normalized spacial score (nSPS) is 21.9. The van der Waals surface area contributed by atoms with Crippen molar-refractivity contribution < 1.29 is 14.6 Å². The van der Waals surface area contributed by atoms with Crippen LogP contribution in [0.1, 0.15) is 24.6 Å². The fourth-order valence-corrected chi connectivity index (χ4v) is 3.35. The second-order valence-corrected chi connectivity index (χ2v) is 5.97. The first-order valence-electron chi connectivity index (χ1n) is 6.27.